The van der Waals surface area contributed by atoms with Crippen molar-refractivity contribution in [3.8, 4) is 0 Å². The van der Waals surface area contributed by atoms with E-state index in [1.54, 1.807) is 6.92 Å². The highest BCUT2D eigenvalue weighted by Gasteiger charge is 2.08. The Balaban J connectivity index is 2.09. The third-order valence-corrected chi connectivity index (χ3v) is 1.76. The lowest BCUT2D eigenvalue weighted by molar-refractivity contribution is -0.119. The van der Waals surface area contributed by atoms with E-state index in [0.717, 1.165) is 26.2 Å². The third-order valence-electron chi connectivity index (χ3n) is 1.76. The molecule has 0 radical (unpaired) electrons. The molecule has 1 saturated heterocycles. The van der Waals surface area contributed by atoms with Gasteiger partial charge in [-0.3, -0.25) is 9.69 Å². The molecular weight excluding hydrogens is 142 g/mol. The molecule has 4 nitrogen and oxygen atoms in total. The lowest BCUT2D eigenvalue weighted by Gasteiger charge is -2.26. The second-order valence-electron chi connectivity index (χ2n) is 2.76. The van der Waals surface area contributed by atoms with E-state index in [1.165, 1.54) is 0 Å². The molecule has 0 saturated carbocycles. The predicted octanol–water partition coefficient (Wildman–Crippen LogP) is -1.01. The largest absolute Gasteiger partial charge is 0.344 e. The molecule has 64 valence electrons. The zero-order chi connectivity index (χ0) is 8.10. The van der Waals surface area contributed by atoms with Gasteiger partial charge in [-0.25, -0.2) is 0 Å². The Morgan fingerprint density at radius 3 is 2.73 bits per heavy atom. The van der Waals surface area contributed by atoms with Crippen LogP contribution in [0.3, 0.4) is 0 Å². The summed E-state index contributed by atoms with van der Waals surface area (Å²) in [6.45, 7) is 6.35. The zero-order valence-electron chi connectivity index (χ0n) is 6.89. The summed E-state index contributed by atoms with van der Waals surface area (Å²) in [7, 11) is 0. The molecule has 1 aliphatic heterocycles. The van der Waals surface area contributed by atoms with E-state index in [9.17, 15) is 4.79 Å². The second kappa shape index (κ2) is 4.31. The molecule has 11 heavy (non-hydrogen) atoms. The van der Waals surface area contributed by atoms with E-state index in [2.05, 4.69) is 15.5 Å². The van der Waals surface area contributed by atoms with Crippen LogP contribution in [-0.2, 0) is 4.79 Å². The van der Waals surface area contributed by atoms with Crippen LogP contribution in [0.1, 0.15) is 6.92 Å². The fourth-order valence-corrected chi connectivity index (χ4v) is 1.09. The number of piperazine rings is 1. The van der Waals surface area contributed by atoms with Crippen LogP contribution in [0, 0.1) is 0 Å². The standard InChI is InChI=1S/C7H15N3O/c1-7(11)9-6-10-4-2-8-3-5-10/h8H,2-6H2,1H3,(H,9,11). The van der Waals surface area contributed by atoms with Gasteiger partial charge in [0.05, 0.1) is 6.67 Å². The van der Waals surface area contributed by atoms with Gasteiger partial charge < -0.3 is 10.6 Å². The molecule has 0 bridgehead atoms. The highest BCUT2D eigenvalue weighted by atomic mass is 16.1. The first kappa shape index (κ1) is 8.49. The van der Waals surface area contributed by atoms with Crippen molar-refractivity contribution in [2.24, 2.45) is 0 Å². The smallest absolute Gasteiger partial charge is 0.217 e. The van der Waals surface area contributed by atoms with Crippen molar-refractivity contribution < 1.29 is 4.79 Å². The van der Waals surface area contributed by atoms with Crippen LogP contribution in [0.15, 0.2) is 0 Å². The quantitative estimate of drug-likeness (QED) is 0.539. The van der Waals surface area contributed by atoms with Crippen molar-refractivity contribution in [2.45, 2.75) is 6.92 Å². The van der Waals surface area contributed by atoms with Crippen LogP contribution in [0.5, 0.6) is 0 Å². The third kappa shape index (κ3) is 3.34. The summed E-state index contributed by atoms with van der Waals surface area (Å²) in [6.07, 6.45) is 0. The Hall–Kier alpha value is -0.610. The van der Waals surface area contributed by atoms with Gasteiger partial charge in [0, 0.05) is 33.1 Å². The van der Waals surface area contributed by atoms with Crippen LogP contribution in [0.25, 0.3) is 0 Å². The number of rotatable bonds is 2. The molecule has 0 unspecified atom stereocenters. The van der Waals surface area contributed by atoms with Gasteiger partial charge in [-0.05, 0) is 0 Å². The molecule has 2 N–H and O–H groups in total. The maximum atomic E-state index is 10.5. The molecule has 0 aliphatic carbocycles. The van der Waals surface area contributed by atoms with Gasteiger partial charge in [-0.2, -0.15) is 0 Å². The molecule has 1 fully saturated rings. The molecule has 1 heterocycles. The van der Waals surface area contributed by atoms with Gasteiger partial charge in [0.1, 0.15) is 0 Å². The number of hydrogen-bond donors (Lipinski definition) is 2. The predicted molar refractivity (Wildman–Crippen MR) is 43.1 cm³/mol. The van der Waals surface area contributed by atoms with Gasteiger partial charge in [-0.15, -0.1) is 0 Å². The summed E-state index contributed by atoms with van der Waals surface area (Å²) >= 11 is 0. The highest BCUT2D eigenvalue weighted by Crippen LogP contribution is 1.88. The summed E-state index contributed by atoms with van der Waals surface area (Å²) < 4.78 is 0. The minimum absolute atomic E-state index is 0.0449. The number of carbonyl (C=O) groups excluding carboxylic acids is 1. The van der Waals surface area contributed by atoms with Gasteiger partial charge in [0.25, 0.3) is 0 Å². The maximum absolute atomic E-state index is 10.5. The SMILES string of the molecule is CC(=O)NCN1CCNCC1. The van der Waals surface area contributed by atoms with Crippen molar-refractivity contribution in [3.63, 3.8) is 0 Å². The minimum atomic E-state index is 0.0449. The van der Waals surface area contributed by atoms with Crippen LogP contribution in [0.2, 0.25) is 0 Å². The molecule has 0 aromatic carbocycles. The molecule has 0 atom stereocenters. The number of amides is 1. The molecule has 1 aliphatic rings. The first-order valence-electron chi connectivity index (χ1n) is 3.96. The molecule has 0 aromatic heterocycles. The Morgan fingerprint density at radius 1 is 1.55 bits per heavy atom. The first-order valence-corrected chi connectivity index (χ1v) is 3.96. The Bertz CT molecular complexity index is 132. The summed E-state index contributed by atoms with van der Waals surface area (Å²) in [5.74, 6) is 0.0449. The minimum Gasteiger partial charge on any atom is -0.344 e. The van der Waals surface area contributed by atoms with E-state index in [4.69, 9.17) is 0 Å². The van der Waals surface area contributed by atoms with Crippen LogP contribution in [0.4, 0.5) is 0 Å². The van der Waals surface area contributed by atoms with Crippen LogP contribution >= 0.6 is 0 Å². The number of nitrogens with one attached hydrogen (secondary N) is 2. The van der Waals surface area contributed by atoms with Crippen LogP contribution < -0.4 is 10.6 Å². The molecule has 1 rings (SSSR count). The van der Waals surface area contributed by atoms with Crippen molar-refractivity contribution in [2.75, 3.05) is 32.8 Å². The highest BCUT2D eigenvalue weighted by molar-refractivity contribution is 5.72. The molecule has 1 amide bonds. The lowest BCUT2D eigenvalue weighted by atomic mass is 10.4. The van der Waals surface area contributed by atoms with Gasteiger partial charge in [-0.1, -0.05) is 0 Å². The van der Waals surface area contributed by atoms with E-state index in [1.807, 2.05) is 0 Å². The molecule has 0 spiro atoms. The fraction of sp³-hybridized carbons (Fsp3) is 0.857. The van der Waals surface area contributed by atoms with Gasteiger partial charge in [0.2, 0.25) is 5.91 Å². The van der Waals surface area contributed by atoms with E-state index in [-0.39, 0.29) is 5.91 Å². The van der Waals surface area contributed by atoms with Crippen molar-refractivity contribution in [3.05, 3.63) is 0 Å². The van der Waals surface area contributed by atoms with E-state index >= 15 is 0 Å². The Morgan fingerprint density at radius 2 is 2.18 bits per heavy atom. The first-order chi connectivity index (χ1) is 5.29. The zero-order valence-corrected chi connectivity index (χ0v) is 6.89. The number of carbonyl (C=O) groups is 1. The summed E-state index contributed by atoms with van der Waals surface area (Å²) in [6, 6.07) is 0. The number of hydrogen-bond acceptors (Lipinski definition) is 3. The average Bonchev–Trinajstić information content (AvgIpc) is 2.03. The molecular formula is C7H15N3O. The van der Waals surface area contributed by atoms with Gasteiger partial charge >= 0.3 is 0 Å². The number of nitrogens with zero attached hydrogens (tertiary/aromatic N) is 1. The fourth-order valence-electron chi connectivity index (χ4n) is 1.09. The maximum Gasteiger partial charge on any atom is 0.217 e. The Labute approximate surface area is 66.9 Å². The summed E-state index contributed by atoms with van der Waals surface area (Å²) in [5, 5.41) is 6.02. The topological polar surface area (TPSA) is 44.4 Å². The van der Waals surface area contributed by atoms with Gasteiger partial charge in [0.15, 0.2) is 0 Å². The monoisotopic (exact) mass is 157 g/mol. The van der Waals surface area contributed by atoms with Crippen molar-refractivity contribution >= 4 is 5.91 Å². The molecule has 0 aromatic rings. The molecule has 4 heteroatoms. The normalized spacial score (nSPS) is 19.7. The van der Waals surface area contributed by atoms with E-state index < -0.39 is 0 Å². The average molecular weight is 157 g/mol. The van der Waals surface area contributed by atoms with Crippen LogP contribution in [-0.4, -0.2) is 43.7 Å². The summed E-state index contributed by atoms with van der Waals surface area (Å²) in [5.41, 5.74) is 0. The van der Waals surface area contributed by atoms with Crippen molar-refractivity contribution in [1.29, 1.82) is 0 Å². The lowest BCUT2D eigenvalue weighted by Crippen LogP contribution is -2.47. The van der Waals surface area contributed by atoms with E-state index in [0.29, 0.717) is 6.67 Å². The summed E-state index contributed by atoms with van der Waals surface area (Å²) in [4.78, 5) is 12.8. The second-order valence-corrected chi connectivity index (χ2v) is 2.76. The Kier molecular flexibility index (Phi) is 3.32. The van der Waals surface area contributed by atoms with Crippen molar-refractivity contribution in [1.82, 2.24) is 15.5 Å².